The first-order valence-electron chi connectivity index (χ1n) is 10.8. The van der Waals surface area contributed by atoms with Crippen LogP contribution < -0.4 is 0 Å². The van der Waals surface area contributed by atoms with Crippen LogP contribution in [0.4, 0.5) is 0 Å². The molecule has 1 aliphatic heterocycles. The van der Waals surface area contributed by atoms with Crippen LogP contribution in [0.2, 0.25) is 0 Å². The second kappa shape index (κ2) is 17.4. The van der Waals surface area contributed by atoms with E-state index < -0.39 is 7.80 Å². The van der Waals surface area contributed by atoms with Crippen LogP contribution in [-0.2, 0) is 18.8 Å². The Morgan fingerprint density at radius 2 is 1.59 bits per heavy atom. The van der Waals surface area contributed by atoms with Crippen molar-refractivity contribution in [1.29, 1.82) is 0 Å². The lowest BCUT2D eigenvalue weighted by atomic mass is 10.0. The van der Waals surface area contributed by atoms with Crippen LogP contribution in [0.1, 0.15) is 79.1 Å². The van der Waals surface area contributed by atoms with Gasteiger partial charge in [-0.2, -0.15) is 0 Å². The Hall–Kier alpha value is -0.730. The van der Waals surface area contributed by atoms with Crippen LogP contribution in [0.25, 0.3) is 0 Å². The molecule has 0 bridgehead atoms. The predicted octanol–water partition coefficient (Wildman–Crippen LogP) is 6.36. The molecule has 0 saturated carbocycles. The maximum Gasteiger partial charge on any atom is 0.339 e. The van der Waals surface area contributed by atoms with E-state index in [0.717, 1.165) is 18.4 Å². The monoisotopic (exact) mass is 401 g/mol. The van der Waals surface area contributed by atoms with E-state index >= 15 is 0 Å². The Bertz CT molecular complexity index is 387. The smallest absolute Gasteiger partial charge is 0.339 e. The van der Waals surface area contributed by atoms with Gasteiger partial charge in [-0.25, -0.2) is 4.79 Å². The summed E-state index contributed by atoms with van der Waals surface area (Å²) in [6, 6.07) is 0. The highest BCUT2D eigenvalue weighted by molar-refractivity contribution is 7.44. The maximum atomic E-state index is 12.3. The molecule has 0 radical (unpaired) electrons. The molecule has 1 heterocycles. The number of carbonyl (C=O) groups is 1. The molecule has 0 aliphatic carbocycles. The van der Waals surface area contributed by atoms with Gasteiger partial charge in [0.25, 0.3) is 0 Å². The summed E-state index contributed by atoms with van der Waals surface area (Å²) in [5.74, 6) is 1.03. The summed E-state index contributed by atoms with van der Waals surface area (Å²) in [7, 11) is -0.954. The van der Waals surface area contributed by atoms with E-state index in [2.05, 4.69) is 39.0 Å². The van der Waals surface area contributed by atoms with Gasteiger partial charge in [0.15, 0.2) is 0 Å². The number of unbranched alkanes of at least 4 members (excludes halogenated alkanes) is 2. The first-order chi connectivity index (χ1) is 13.0. The van der Waals surface area contributed by atoms with Crippen molar-refractivity contribution in [3.8, 4) is 0 Å². The third kappa shape index (κ3) is 16.0. The first-order valence-corrected chi connectivity index (χ1v) is 12.5. The van der Waals surface area contributed by atoms with E-state index in [0.29, 0.717) is 25.0 Å². The van der Waals surface area contributed by atoms with Crippen LogP contribution >= 0.6 is 7.80 Å². The zero-order chi connectivity index (χ0) is 20.5. The fourth-order valence-electron chi connectivity index (χ4n) is 2.88. The van der Waals surface area contributed by atoms with Crippen LogP contribution in [0.15, 0.2) is 12.7 Å². The molecule has 3 unspecified atom stereocenters. The molecule has 0 spiro atoms. The summed E-state index contributed by atoms with van der Waals surface area (Å²) in [6.07, 6.45) is 13.3. The van der Waals surface area contributed by atoms with Crippen molar-refractivity contribution in [2.75, 3.05) is 25.5 Å². The lowest BCUT2D eigenvalue weighted by Crippen LogP contribution is -2.07. The number of esters is 1. The van der Waals surface area contributed by atoms with Crippen LogP contribution in [0, 0.1) is 11.8 Å². The number of hydrogen-bond donors (Lipinski definition) is 0. The van der Waals surface area contributed by atoms with Gasteiger partial charge >= 0.3 is 13.8 Å². The van der Waals surface area contributed by atoms with E-state index in [-0.39, 0.29) is 12.1 Å². The molecule has 0 N–H and O–H groups in total. The highest BCUT2D eigenvalue weighted by atomic mass is 31.1. The molecule has 1 aliphatic rings. The SMILES string of the molecule is C=CC(=O)OCC1CO1.CCCCC(CC)C[P+](=O)CC(CC)CCCC. The third-order valence-electron chi connectivity index (χ3n) is 4.99. The van der Waals surface area contributed by atoms with E-state index in [1.165, 1.54) is 51.4 Å². The minimum Gasteiger partial charge on any atom is -0.460 e. The van der Waals surface area contributed by atoms with E-state index in [9.17, 15) is 9.36 Å². The Morgan fingerprint density at radius 3 is 1.93 bits per heavy atom. The molecule has 1 saturated heterocycles. The molecule has 27 heavy (non-hydrogen) atoms. The van der Waals surface area contributed by atoms with E-state index in [1.807, 2.05) is 0 Å². The molecular formula is C22H42O4P+. The van der Waals surface area contributed by atoms with Crippen molar-refractivity contribution in [1.82, 2.24) is 0 Å². The van der Waals surface area contributed by atoms with Crippen molar-refractivity contribution in [2.24, 2.45) is 11.8 Å². The third-order valence-corrected chi connectivity index (χ3v) is 6.84. The lowest BCUT2D eigenvalue weighted by molar-refractivity contribution is -0.138. The topological polar surface area (TPSA) is 55.9 Å². The van der Waals surface area contributed by atoms with Crippen molar-refractivity contribution in [3.63, 3.8) is 0 Å². The maximum absolute atomic E-state index is 12.3. The van der Waals surface area contributed by atoms with Crippen LogP contribution in [0.5, 0.6) is 0 Å². The standard InChI is InChI=1S/C16H34OP.C6H8O3/c1-5-9-11-15(7-3)13-18(17)14-16(8-4)12-10-6-2;1-2-6(7)9-4-5-3-8-5/h15-16H,5-14H2,1-4H3;2,5H,1,3-4H2/q+1;. The van der Waals surface area contributed by atoms with E-state index in [4.69, 9.17) is 4.74 Å². The van der Waals surface area contributed by atoms with E-state index in [1.54, 1.807) is 0 Å². The fourth-order valence-corrected chi connectivity index (χ4v) is 5.07. The van der Waals surface area contributed by atoms with Crippen LogP contribution in [-0.4, -0.2) is 37.6 Å². The average Bonchev–Trinajstić information content (AvgIpc) is 3.51. The quantitative estimate of drug-likeness (QED) is 0.139. The Kier molecular flexibility index (Phi) is 16.9. The molecule has 0 aromatic heterocycles. The Morgan fingerprint density at radius 1 is 1.11 bits per heavy atom. The number of epoxide rings is 1. The average molecular weight is 402 g/mol. The summed E-state index contributed by atoms with van der Waals surface area (Å²) in [5.41, 5.74) is 0. The zero-order valence-electron chi connectivity index (χ0n) is 18.1. The summed E-state index contributed by atoms with van der Waals surface area (Å²) < 4.78 is 21.7. The molecule has 4 nitrogen and oxygen atoms in total. The minimum absolute atomic E-state index is 0.147. The minimum atomic E-state index is -0.954. The highest BCUT2D eigenvalue weighted by Crippen LogP contribution is 2.33. The summed E-state index contributed by atoms with van der Waals surface area (Å²) in [6.45, 7) is 13.3. The van der Waals surface area contributed by atoms with Gasteiger partial charge in [-0.1, -0.05) is 64.5 Å². The first kappa shape index (κ1) is 26.3. The molecule has 5 heteroatoms. The predicted molar refractivity (Wildman–Crippen MR) is 115 cm³/mol. The van der Waals surface area contributed by atoms with Crippen molar-refractivity contribution >= 4 is 13.8 Å². The summed E-state index contributed by atoms with van der Waals surface area (Å²) in [5, 5.41) is 0. The number of carbonyl (C=O) groups excluding carboxylic acids is 1. The highest BCUT2D eigenvalue weighted by Gasteiger charge is 2.25. The van der Waals surface area contributed by atoms with Crippen molar-refractivity contribution < 1.29 is 18.8 Å². The number of ether oxygens (including phenoxy) is 2. The normalized spacial score (nSPS) is 17.9. The molecule has 0 aromatic rings. The van der Waals surface area contributed by atoms with Gasteiger partial charge < -0.3 is 9.47 Å². The van der Waals surface area contributed by atoms with Gasteiger partial charge in [0.05, 0.1) is 6.61 Å². The number of hydrogen-bond acceptors (Lipinski definition) is 4. The zero-order valence-corrected chi connectivity index (χ0v) is 19.0. The van der Waals surface area contributed by atoms with Gasteiger partial charge in [-0.3, -0.25) is 0 Å². The molecule has 0 aromatic carbocycles. The van der Waals surface area contributed by atoms with Crippen LogP contribution in [0.3, 0.4) is 0 Å². The molecule has 0 amide bonds. The number of rotatable bonds is 15. The second-order valence-corrected chi connectivity index (χ2v) is 9.16. The van der Waals surface area contributed by atoms with Gasteiger partial charge in [-0.15, -0.1) is 0 Å². The van der Waals surface area contributed by atoms with Crippen molar-refractivity contribution in [3.05, 3.63) is 12.7 Å². The summed E-state index contributed by atoms with van der Waals surface area (Å²) >= 11 is 0. The van der Waals surface area contributed by atoms with Gasteiger partial charge in [0.1, 0.15) is 25.0 Å². The summed E-state index contributed by atoms with van der Waals surface area (Å²) in [4.78, 5) is 10.3. The molecule has 3 atom stereocenters. The largest absolute Gasteiger partial charge is 0.460 e. The van der Waals surface area contributed by atoms with Gasteiger partial charge in [-0.05, 0) is 25.7 Å². The lowest BCUT2D eigenvalue weighted by Gasteiger charge is -2.11. The van der Waals surface area contributed by atoms with Gasteiger partial charge in [0.2, 0.25) is 0 Å². The second-order valence-electron chi connectivity index (χ2n) is 7.47. The van der Waals surface area contributed by atoms with Crippen molar-refractivity contribution in [2.45, 2.75) is 85.2 Å². The van der Waals surface area contributed by atoms with Gasteiger partial charge in [0, 0.05) is 17.9 Å². The Labute approximate surface area is 168 Å². The molecule has 158 valence electrons. The molecular weight excluding hydrogens is 359 g/mol. The Balaban J connectivity index is 0.000000621. The fraction of sp³-hybridized carbons (Fsp3) is 0.864. The molecule has 1 rings (SSSR count). The molecule has 1 fully saturated rings.